The highest BCUT2D eigenvalue weighted by atomic mass is 16.3. The minimum Gasteiger partial charge on any atom is -0.446 e. The topological polar surface area (TPSA) is 75.4 Å². The van der Waals surface area contributed by atoms with E-state index in [1.807, 2.05) is 4.90 Å². The van der Waals surface area contributed by atoms with Crippen LogP contribution in [0, 0.1) is 17.8 Å². The maximum Gasteiger partial charge on any atom is 0.273 e. The number of unbranched alkanes of at least 4 members (excludes halogenated alkanes) is 1. The van der Waals surface area contributed by atoms with E-state index in [2.05, 4.69) is 51.8 Å². The molecule has 2 amide bonds. The van der Waals surface area contributed by atoms with E-state index in [0.717, 1.165) is 38.5 Å². The lowest BCUT2D eigenvalue weighted by Gasteiger charge is -2.26. The van der Waals surface area contributed by atoms with Crippen LogP contribution < -0.4 is 5.32 Å². The van der Waals surface area contributed by atoms with Crippen LogP contribution in [0.15, 0.2) is 10.7 Å². The highest BCUT2D eigenvalue weighted by Crippen LogP contribution is 2.19. The summed E-state index contributed by atoms with van der Waals surface area (Å²) in [6, 6.07) is 0. The van der Waals surface area contributed by atoms with Crippen molar-refractivity contribution in [2.75, 3.05) is 13.1 Å². The van der Waals surface area contributed by atoms with Gasteiger partial charge in [-0.2, -0.15) is 0 Å². The van der Waals surface area contributed by atoms with Gasteiger partial charge in [0.25, 0.3) is 5.91 Å². The molecule has 0 spiro atoms. The second-order valence-corrected chi connectivity index (χ2v) is 8.75. The number of aromatic nitrogens is 1. The predicted octanol–water partition coefficient (Wildman–Crippen LogP) is 5.04. The molecule has 0 aromatic carbocycles. The standard InChI is InChI=1S/C23H41N3O3/c1-7-9-10-19(8-2)23(28)26(14-12-18(5)6)15-21-25-20(16-29-21)22(27)24-13-11-17(3)4/h16-19H,7-15H2,1-6H3,(H,24,27). The van der Waals surface area contributed by atoms with Gasteiger partial charge >= 0.3 is 0 Å². The minimum atomic E-state index is -0.227. The summed E-state index contributed by atoms with van der Waals surface area (Å²) in [7, 11) is 0. The van der Waals surface area contributed by atoms with Gasteiger partial charge in [0.15, 0.2) is 5.69 Å². The molecule has 1 aromatic heterocycles. The number of hydrogen-bond acceptors (Lipinski definition) is 4. The van der Waals surface area contributed by atoms with Crippen LogP contribution >= 0.6 is 0 Å². The van der Waals surface area contributed by atoms with Crippen LogP contribution in [0.25, 0.3) is 0 Å². The predicted molar refractivity (Wildman–Crippen MR) is 116 cm³/mol. The van der Waals surface area contributed by atoms with Gasteiger partial charge in [-0.3, -0.25) is 9.59 Å². The molecule has 0 fully saturated rings. The van der Waals surface area contributed by atoms with Crippen LogP contribution in [0.4, 0.5) is 0 Å². The third kappa shape index (κ3) is 9.46. The second-order valence-electron chi connectivity index (χ2n) is 8.75. The lowest BCUT2D eigenvalue weighted by molar-refractivity contribution is -0.137. The van der Waals surface area contributed by atoms with Gasteiger partial charge < -0.3 is 14.6 Å². The Hall–Kier alpha value is -1.85. The molecule has 1 atom stereocenters. The van der Waals surface area contributed by atoms with E-state index in [0.29, 0.717) is 37.4 Å². The summed E-state index contributed by atoms with van der Waals surface area (Å²) in [5.41, 5.74) is 0.276. The zero-order valence-corrected chi connectivity index (χ0v) is 19.3. The first kappa shape index (κ1) is 25.2. The van der Waals surface area contributed by atoms with Crippen molar-refractivity contribution in [3.63, 3.8) is 0 Å². The normalized spacial score (nSPS) is 12.4. The minimum absolute atomic E-state index is 0.0378. The first-order chi connectivity index (χ1) is 13.8. The smallest absolute Gasteiger partial charge is 0.273 e. The number of carbonyl (C=O) groups excluding carboxylic acids is 2. The Balaban J connectivity index is 2.79. The fraction of sp³-hybridized carbons (Fsp3) is 0.783. The van der Waals surface area contributed by atoms with Gasteiger partial charge in [-0.15, -0.1) is 0 Å². The van der Waals surface area contributed by atoms with Crippen molar-refractivity contribution in [3.8, 4) is 0 Å². The van der Waals surface area contributed by atoms with Crippen LogP contribution in [0.3, 0.4) is 0 Å². The molecule has 0 aliphatic heterocycles. The molecule has 29 heavy (non-hydrogen) atoms. The Labute approximate surface area is 176 Å². The summed E-state index contributed by atoms with van der Waals surface area (Å²) in [4.78, 5) is 31.5. The van der Waals surface area contributed by atoms with Crippen molar-refractivity contribution in [1.82, 2.24) is 15.2 Å². The lowest BCUT2D eigenvalue weighted by atomic mass is 9.97. The third-order valence-electron chi connectivity index (χ3n) is 5.15. The molecule has 166 valence electrons. The summed E-state index contributed by atoms with van der Waals surface area (Å²) >= 11 is 0. The summed E-state index contributed by atoms with van der Waals surface area (Å²) in [5, 5.41) is 2.87. The van der Waals surface area contributed by atoms with E-state index >= 15 is 0 Å². The monoisotopic (exact) mass is 407 g/mol. The lowest BCUT2D eigenvalue weighted by Crippen LogP contribution is -2.37. The number of hydrogen-bond donors (Lipinski definition) is 1. The molecule has 0 saturated heterocycles. The van der Waals surface area contributed by atoms with Gasteiger partial charge in [0, 0.05) is 19.0 Å². The maximum atomic E-state index is 13.1. The summed E-state index contributed by atoms with van der Waals surface area (Å²) in [6.45, 7) is 14.4. The van der Waals surface area contributed by atoms with E-state index < -0.39 is 0 Å². The zero-order valence-electron chi connectivity index (χ0n) is 19.3. The summed E-state index contributed by atoms with van der Waals surface area (Å²) < 4.78 is 5.53. The first-order valence-electron chi connectivity index (χ1n) is 11.3. The van der Waals surface area contributed by atoms with Crippen LogP contribution in [-0.2, 0) is 11.3 Å². The van der Waals surface area contributed by atoms with E-state index in [4.69, 9.17) is 4.42 Å². The van der Waals surface area contributed by atoms with E-state index in [1.165, 1.54) is 6.26 Å². The fourth-order valence-corrected chi connectivity index (χ4v) is 3.11. The molecule has 1 aromatic rings. The molecular formula is C23H41N3O3. The summed E-state index contributed by atoms with van der Waals surface area (Å²) in [6.07, 6.45) is 7.14. The Morgan fingerprint density at radius 1 is 1.10 bits per heavy atom. The molecular weight excluding hydrogens is 366 g/mol. The van der Waals surface area contributed by atoms with Crippen molar-refractivity contribution in [3.05, 3.63) is 17.8 Å². The van der Waals surface area contributed by atoms with Crippen molar-refractivity contribution in [1.29, 1.82) is 0 Å². The molecule has 1 heterocycles. The Bertz CT molecular complexity index is 610. The summed E-state index contributed by atoms with van der Waals surface area (Å²) in [5.74, 6) is 1.44. The van der Waals surface area contributed by atoms with Crippen molar-refractivity contribution < 1.29 is 14.0 Å². The number of rotatable bonds is 14. The van der Waals surface area contributed by atoms with Gasteiger partial charge in [-0.05, 0) is 37.5 Å². The van der Waals surface area contributed by atoms with E-state index in [9.17, 15) is 9.59 Å². The molecule has 1 unspecified atom stereocenters. The largest absolute Gasteiger partial charge is 0.446 e. The number of carbonyl (C=O) groups is 2. The van der Waals surface area contributed by atoms with Crippen molar-refractivity contribution in [2.24, 2.45) is 17.8 Å². The van der Waals surface area contributed by atoms with E-state index in [1.54, 1.807) is 0 Å². The molecule has 1 N–H and O–H groups in total. The van der Waals surface area contributed by atoms with Gasteiger partial charge in [-0.25, -0.2) is 4.98 Å². The SMILES string of the molecule is CCCCC(CC)C(=O)N(CCC(C)C)Cc1nc(C(=O)NCCC(C)C)co1. The molecule has 6 nitrogen and oxygen atoms in total. The number of oxazole rings is 1. The van der Waals surface area contributed by atoms with Crippen molar-refractivity contribution in [2.45, 2.75) is 86.6 Å². The molecule has 0 bridgehead atoms. The molecule has 0 aliphatic rings. The van der Waals surface area contributed by atoms with Gasteiger partial charge in [0.05, 0.1) is 6.54 Å². The number of nitrogens with zero attached hydrogens (tertiary/aromatic N) is 2. The maximum absolute atomic E-state index is 13.1. The first-order valence-corrected chi connectivity index (χ1v) is 11.3. The molecule has 0 saturated carbocycles. The van der Waals surface area contributed by atoms with Crippen LogP contribution in [0.5, 0.6) is 0 Å². The number of nitrogens with one attached hydrogen (secondary N) is 1. The second kappa shape index (κ2) is 13.4. The van der Waals surface area contributed by atoms with Crippen LogP contribution in [0.2, 0.25) is 0 Å². The quantitative estimate of drug-likeness (QED) is 0.469. The fourth-order valence-electron chi connectivity index (χ4n) is 3.11. The molecule has 0 aliphatic carbocycles. The highest BCUT2D eigenvalue weighted by Gasteiger charge is 2.24. The van der Waals surface area contributed by atoms with Gasteiger partial charge in [-0.1, -0.05) is 54.4 Å². The van der Waals surface area contributed by atoms with Crippen molar-refractivity contribution >= 4 is 11.8 Å². The average molecular weight is 408 g/mol. The van der Waals surface area contributed by atoms with Gasteiger partial charge in [0.1, 0.15) is 6.26 Å². The Kier molecular flexibility index (Phi) is 11.6. The van der Waals surface area contributed by atoms with E-state index in [-0.39, 0.29) is 23.4 Å². The Morgan fingerprint density at radius 2 is 1.79 bits per heavy atom. The van der Waals surface area contributed by atoms with Crippen LogP contribution in [-0.4, -0.2) is 34.8 Å². The Morgan fingerprint density at radius 3 is 2.38 bits per heavy atom. The molecule has 0 radical (unpaired) electrons. The van der Waals surface area contributed by atoms with Crippen LogP contribution in [0.1, 0.15) is 96.4 Å². The molecule has 1 rings (SSSR count). The van der Waals surface area contributed by atoms with Gasteiger partial charge in [0.2, 0.25) is 11.8 Å². The number of amides is 2. The third-order valence-corrected chi connectivity index (χ3v) is 5.15. The highest BCUT2D eigenvalue weighted by molar-refractivity contribution is 5.91. The average Bonchev–Trinajstić information content (AvgIpc) is 3.13. The molecule has 6 heteroatoms. The zero-order chi connectivity index (χ0) is 21.8.